The zero-order chi connectivity index (χ0) is 23.9. The van der Waals surface area contributed by atoms with E-state index in [1.807, 2.05) is 4.57 Å². The van der Waals surface area contributed by atoms with E-state index in [0.717, 1.165) is 43.0 Å². The van der Waals surface area contributed by atoms with Crippen molar-refractivity contribution in [1.82, 2.24) is 13.9 Å². The second-order valence-electron chi connectivity index (χ2n) is 8.54. The summed E-state index contributed by atoms with van der Waals surface area (Å²) in [6.07, 6.45) is 3.49. The van der Waals surface area contributed by atoms with Gasteiger partial charge in [0.2, 0.25) is 10.0 Å². The summed E-state index contributed by atoms with van der Waals surface area (Å²) in [6.45, 7) is 2.17. The summed E-state index contributed by atoms with van der Waals surface area (Å²) in [4.78, 5) is 4.79. The molecule has 6 nitrogen and oxygen atoms in total. The summed E-state index contributed by atoms with van der Waals surface area (Å²) < 4.78 is 76.8. The highest BCUT2D eigenvalue weighted by Crippen LogP contribution is 2.32. The van der Waals surface area contributed by atoms with Crippen molar-refractivity contribution in [2.45, 2.75) is 54.1 Å². The Balaban J connectivity index is 1.50. The lowest BCUT2D eigenvalue weighted by molar-refractivity contribution is 0.0960. The van der Waals surface area contributed by atoms with Crippen LogP contribution in [0.25, 0.3) is 11.0 Å². The number of thioether (sulfide) groups is 1. The lowest BCUT2D eigenvalue weighted by Crippen LogP contribution is -2.27. The number of fused-ring (bicyclic) bond motifs is 1. The van der Waals surface area contributed by atoms with Gasteiger partial charge in [0.1, 0.15) is 17.5 Å². The maximum atomic E-state index is 14.2. The molecule has 0 unspecified atom stereocenters. The summed E-state index contributed by atoms with van der Waals surface area (Å²) in [5.41, 5.74) is 0.971. The quantitative estimate of drug-likeness (QED) is 0.430. The Bertz CT molecular complexity index is 1290. The second kappa shape index (κ2) is 9.52. The van der Waals surface area contributed by atoms with E-state index >= 15 is 0 Å². The van der Waals surface area contributed by atoms with E-state index in [9.17, 15) is 21.6 Å². The van der Waals surface area contributed by atoms with Crippen LogP contribution in [-0.2, 0) is 27.1 Å². The monoisotopic (exact) mass is 511 g/mol. The third-order valence-electron chi connectivity index (χ3n) is 6.25. The molecule has 2 fully saturated rings. The van der Waals surface area contributed by atoms with E-state index in [1.54, 1.807) is 18.2 Å². The van der Waals surface area contributed by atoms with E-state index in [-0.39, 0.29) is 22.3 Å². The SMILES string of the molecule is O=S(=O)(c1ccc2c(c1)nc(SCc1c(F)cc(F)cc1F)n2C[C@H]1CCCO1)N1CCCC1. The fraction of sp³-hybridized carbons (Fsp3) is 0.435. The molecule has 2 aliphatic heterocycles. The summed E-state index contributed by atoms with van der Waals surface area (Å²) in [6, 6.07) is 6.17. The van der Waals surface area contributed by atoms with Crippen molar-refractivity contribution in [1.29, 1.82) is 0 Å². The summed E-state index contributed by atoms with van der Waals surface area (Å²) in [7, 11) is -3.61. The molecular formula is C23H24F3N3O3S2. The molecule has 3 aromatic rings. The third kappa shape index (κ3) is 4.58. The van der Waals surface area contributed by atoms with Gasteiger partial charge >= 0.3 is 0 Å². The smallest absolute Gasteiger partial charge is 0.243 e. The van der Waals surface area contributed by atoms with Crippen LogP contribution in [0.5, 0.6) is 0 Å². The van der Waals surface area contributed by atoms with E-state index in [2.05, 4.69) is 4.98 Å². The normalized spacial score (nSPS) is 19.4. The molecule has 0 N–H and O–H groups in total. The molecule has 5 rings (SSSR count). The maximum Gasteiger partial charge on any atom is 0.243 e. The standard InChI is InChI=1S/C23H24F3N3O3S2/c24-15-10-19(25)18(20(26)11-15)14-33-23-27-21-12-17(34(30,31)28-7-1-2-8-28)5-6-22(21)29(23)13-16-4-3-9-32-16/h5-6,10-12,16H,1-4,7-9,13-14H2/t16-/m1/s1. The molecule has 0 bridgehead atoms. The molecule has 182 valence electrons. The van der Waals surface area contributed by atoms with Gasteiger partial charge in [0, 0.05) is 43.1 Å². The minimum absolute atomic E-state index is 0.0240. The number of halogens is 3. The lowest BCUT2D eigenvalue weighted by Gasteiger charge is -2.16. The molecule has 0 aliphatic carbocycles. The molecule has 2 aromatic carbocycles. The first-order chi connectivity index (χ1) is 16.3. The van der Waals surface area contributed by atoms with Gasteiger partial charge in [-0.15, -0.1) is 0 Å². The van der Waals surface area contributed by atoms with Crippen molar-refractivity contribution < 1.29 is 26.3 Å². The second-order valence-corrected chi connectivity index (χ2v) is 11.4. The number of benzene rings is 2. The summed E-state index contributed by atoms with van der Waals surface area (Å²) in [5, 5.41) is 0.490. The Kier molecular flexibility index (Phi) is 6.62. The number of nitrogens with zero attached hydrogens (tertiary/aromatic N) is 3. The molecule has 2 aliphatic rings. The molecule has 34 heavy (non-hydrogen) atoms. The van der Waals surface area contributed by atoms with Crippen LogP contribution in [0.1, 0.15) is 31.2 Å². The first kappa shape index (κ1) is 23.7. The van der Waals surface area contributed by atoms with Gasteiger partial charge in [-0.3, -0.25) is 0 Å². The van der Waals surface area contributed by atoms with Gasteiger partial charge in [-0.1, -0.05) is 11.8 Å². The number of rotatable bonds is 7. The van der Waals surface area contributed by atoms with Crippen LogP contribution in [-0.4, -0.2) is 48.1 Å². The van der Waals surface area contributed by atoms with Crippen molar-refractivity contribution in [3.8, 4) is 0 Å². The number of hydrogen-bond acceptors (Lipinski definition) is 5. The highest BCUT2D eigenvalue weighted by Gasteiger charge is 2.28. The maximum absolute atomic E-state index is 14.2. The van der Waals surface area contributed by atoms with Gasteiger partial charge in [0.25, 0.3) is 0 Å². The van der Waals surface area contributed by atoms with Crippen molar-refractivity contribution in [3.63, 3.8) is 0 Å². The number of aromatic nitrogens is 2. The predicted molar refractivity (Wildman–Crippen MR) is 123 cm³/mol. The predicted octanol–water partition coefficient (Wildman–Crippen LogP) is 4.71. The van der Waals surface area contributed by atoms with Gasteiger partial charge in [-0.05, 0) is 43.9 Å². The van der Waals surface area contributed by atoms with Crippen molar-refractivity contribution >= 4 is 32.8 Å². The fourth-order valence-corrected chi connectivity index (χ4v) is 7.03. The zero-order valence-electron chi connectivity index (χ0n) is 18.3. The number of imidazole rings is 1. The van der Waals surface area contributed by atoms with Crippen LogP contribution < -0.4 is 0 Å². The average Bonchev–Trinajstić information content (AvgIpc) is 3.55. The van der Waals surface area contributed by atoms with E-state index < -0.39 is 27.5 Å². The van der Waals surface area contributed by atoms with E-state index in [4.69, 9.17) is 4.74 Å². The summed E-state index contributed by atoms with van der Waals surface area (Å²) in [5.74, 6) is -2.97. The summed E-state index contributed by atoms with van der Waals surface area (Å²) >= 11 is 1.12. The highest BCUT2D eigenvalue weighted by atomic mass is 32.2. The van der Waals surface area contributed by atoms with Crippen LogP contribution in [0.3, 0.4) is 0 Å². The minimum Gasteiger partial charge on any atom is -0.376 e. The molecule has 0 amide bonds. The minimum atomic E-state index is -3.61. The number of sulfonamides is 1. The average molecular weight is 512 g/mol. The molecule has 11 heteroatoms. The molecule has 0 radical (unpaired) electrons. The molecule has 1 aromatic heterocycles. The van der Waals surface area contributed by atoms with Crippen molar-refractivity contribution in [2.24, 2.45) is 0 Å². The van der Waals surface area contributed by atoms with Crippen LogP contribution in [0.15, 0.2) is 40.4 Å². The Morgan fingerprint density at radius 3 is 2.47 bits per heavy atom. The Morgan fingerprint density at radius 2 is 1.79 bits per heavy atom. The molecule has 2 saturated heterocycles. The first-order valence-electron chi connectivity index (χ1n) is 11.2. The third-order valence-corrected chi connectivity index (χ3v) is 9.15. The van der Waals surface area contributed by atoms with Gasteiger partial charge < -0.3 is 9.30 Å². The van der Waals surface area contributed by atoms with Crippen molar-refractivity contribution in [2.75, 3.05) is 19.7 Å². The van der Waals surface area contributed by atoms with E-state index in [0.29, 0.717) is 49.0 Å². The van der Waals surface area contributed by atoms with Crippen LogP contribution in [0.2, 0.25) is 0 Å². The highest BCUT2D eigenvalue weighted by molar-refractivity contribution is 7.98. The van der Waals surface area contributed by atoms with Gasteiger partial charge in [0.15, 0.2) is 5.16 Å². The largest absolute Gasteiger partial charge is 0.376 e. The Labute approximate surface area is 200 Å². The van der Waals surface area contributed by atoms with Gasteiger partial charge in [0.05, 0.1) is 28.6 Å². The Hall–Kier alpha value is -2.08. The fourth-order valence-electron chi connectivity index (χ4n) is 4.45. The van der Waals surface area contributed by atoms with Gasteiger partial charge in [-0.2, -0.15) is 4.31 Å². The van der Waals surface area contributed by atoms with E-state index in [1.165, 1.54) is 4.31 Å². The van der Waals surface area contributed by atoms with Crippen LogP contribution in [0, 0.1) is 17.5 Å². The molecule has 1 atom stereocenters. The van der Waals surface area contributed by atoms with Crippen molar-refractivity contribution in [3.05, 3.63) is 53.3 Å². The molecule has 3 heterocycles. The molecule has 0 saturated carbocycles. The molecule has 0 spiro atoms. The van der Waals surface area contributed by atoms with Crippen LogP contribution in [0.4, 0.5) is 13.2 Å². The molecular weight excluding hydrogens is 487 g/mol. The first-order valence-corrected chi connectivity index (χ1v) is 13.6. The van der Waals surface area contributed by atoms with Gasteiger partial charge in [-0.25, -0.2) is 26.6 Å². The zero-order valence-corrected chi connectivity index (χ0v) is 20.0. The Morgan fingerprint density at radius 1 is 1.06 bits per heavy atom. The number of hydrogen-bond donors (Lipinski definition) is 0. The van der Waals surface area contributed by atoms with Crippen LogP contribution >= 0.6 is 11.8 Å². The number of ether oxygens (including phenoxy) is 1. The lowest BCUT2D eigenvalue weighted by atomic mass is 10.2. The topological polar surface area (TPSA) is 64.4 Å².